The predicted molar refractivity (Wildman–Crippen MR) is 57.3 cm³/mol. The zero-order valence-corrected chi connectivity index (χ0v) is 8.75. The Morgan fingerprint density at radius 1 is 1.60 bits per heavy atom. The van der Waals surface area contributed by atoms with Crippen LogP contribution in [0.3, 0.4) is 0 Å². The Morgan fingerprint density at radius 3 is 2.67 bits per heavy atom. The summed E-state index contributed by atoms with van der Waals surface area (Å²) in [5.74, 6) is -0.665. The van der Waals surface area contributed by atoms with Crippen LogP contribution in [0, 0.1) is 17.0 Å². The number of nitrogens with two attached hydrogens (primary N) is 1. The van der Waals surface area contributed by atoms with Gasteiger partial charge in [-0.15, -0.1) is 11.6 Å². The van der Waals surface area contributed by atoms with Crippen LogP contribution in [-0.2, 0) is 0 Å². The van der Waals surface area contributed by atoms with Crippen LogP contribution in [0.5, 0.6) is 0 Å². The van der Waals surface area contributed by atoms with Gasteiger partial charge in [0.05, 0.1) is 10.8 Å². The maximum absolute atomic E-state index is 11.3. The fourth-order valence-electron chi connectivity index (χ4n) is 1.23. The molecule has 0 saturated heterocycles. The molecule has 80 valence electrons. The minimum absolute atomic E-state index is 0.0994. The molecule has 1 aromatic carbocycles. The summed E-state index contributed by atoms with van der Waals surface area (Å²) in [5.41, 5.74) is 6.17. The largest absolute Gasteiger partial charge is 0.398 e. The Balaban J connectivity index is 3.36. The number of hydrogen-bond acceptors (Lipinski definition) is 4. The van der Waals surface area contributed by atoms with Crippen LogP contribution in [0.4, 0.5) is 11.4 Å². The van der Waals surface area contributed by atoms with Gasteiger partial charge in [0.15, 0.2) is 5.78 Å². The van der Waals surface area contributed by atoms with Crippen LogP contribution >= 0.6 is 11.6 Å². The van der Waals surface area contributed by atoms with Crippen molar-refractivity contribution in [3.8, 4) is 0 Å². The number of nitrogen functional groups attached to an aromatic ring is 1. The minimum Gasteiger partial charge on any atom is -0.398 e. The van der Waals surface area contributed by atoms with Crippen molar-refractivity contribution < 1.29 is 9.72 Å². The lowest BCUT2D eigenvalue weighted by molar-refractivity contribution is -0.385. The maximum atomic E-state index is 11.3. The smallest absolute Gasteiger partial charge is 0.273 e. The van der Waals surface area contributed by atoms with E-state index in [9.17, 15) is 14.9 Å². The molecule has 0 atom stereocenters. The van der Waals surface area contributed by atoms with Crippen molar-refractivity contribution in [1.29, 1.82) is 0 Å². The number of nitrogens with zero attached hydrogens (tertiary/aromatic N) is 1. The van der Waals surface area contributed by atoms with Crippen LogP contribution in [0.2, 0.25) is 0 Å². The SMILES string of the molecule is Cc1cc(N)c(C(=O)CCl)cc1[N+](=O)[O-]. The first kappa shape index (κ1) is 11.5. The number of hydrogen-bond donors (Lipinski definition) is 1. The molecule has 0 amide bonds. The number of Topliss-reactive ketones (excluding diaryl/α,β-unsaturated/α-hetero) is 1. The summed E-state index contributed by atoms with van der Waals surface area (Å²) in [6, 6.07) is 2.56. The topological polar surface area (TPSA) is 86.2 Å². The van der Waals surface area contributed by atoms with E-state index in [1.54, 1.807) is 6.92 Å². The van der Waals surface area contributed by atoms with E-state index in [-0.39, 0.29) is 22.8 Å². The standard InChI is InChI=1S/C9H9ClN2O3/c1-5-2-7(11)6(9(13)4-10)3-8(5)12(14)15/h2-3H,4,11H2,1H3. The number of ketones is 1. The molecule has 0 heterocycles. The van der Waals surface area contributed by atoms with Gasteiger partial charge in [0.2, 0.25) is 0 Å². The Hall–Kier alpha value is -1.62. The molecule has 0 fully saturated rings. The van der Waals surface area contributed by atoms with E-state index in [2.05, 4.69) is 0 Å². The van der Waals surface area contributed by atoms with Crippen molar-refractivity contribution in [2.24, 2.45) is 0 Å². The number of aryl methyl sites for hydroxylation is 1. The summed E-state index contributed by atoms with van der Waals surface area (Å²) in [6.45, 7) is 1.56. The Kier molecular flexibility index (Phi) is 3.26. The number of halogens is 1. The van der Waals surface area contributed by atoms with Gasteiger partial charge in [-0.1, -0.05) is 0 Å². The van der Waals surface area contributed by atoms with Gasteiger partial charge in [0.1, 0.15) is 0 Å². The molecule has 0 saturated carbocycles. The number of carbonyl (C=O) groups is 1. The fourth-order valence-corrected chi connectivity index (χ4v) is 1.37. The van der Waals surface area contributed by atoms with Gasteiger partial charge < -0.3 is 5.73 Å². The average molecular weight is 229 g/mol. The number of rotatable bonds is 3. The van der Waals surface area contributed by atoms with E-state index in [1.165, 1.54) is 6.07 Å². The molecule has 1 aromatic rings. The molecular formula is C9H9ClN2O3. The number of benzene rings is 1. The van der Waals surface area contributed by atoms with Crippen LogP contribution in [0.15, 0.2) is 12.1 Å². The Bertz CT molecular complexity index is 432. The van der Waals surface area contributed by atoms with Crippen LogP contribution < -0.4 is 5.73 Å². The van der Waals surface area contributed by atoms with E-state index >= 15 is 0 Å². The van der Waals surface area contributed by atoms with Gasteiger partial charge in [-0.05, 0) is 13.0 Å². The molecule has 5 nitrogen and oxygen atoms in total. The summed E-state index contributed by atoms with van der Waals surface area (Å²) >= 11 is 5.36. The third kappa shape index (κ3) is 2.24. The van der Waals surface area contributed by atoms with E-state index in [1.807, 2.05) is 0 Å². The molecule has 0 spiro atoms. The third-order valence-electron chi connectivity index (χ3n) is 1.99. The van der Waals surface area contributed by atoms with E-state index in [0.29, 0.717) is 5.56 Å². The summed E-state index contributed by atoms with van der Waals surface area (Å²) in [6.07, 6.45) is 0. The Labute approximate surface area is 91.0 Å². The van der Waals surface area contributed by atoms with Gasteiger partial charge >= 0.3 is 0 Å². The Morgan fingerprint density at radius 2 is 2.20 bits per heavy atom. The zero-order valence-electron chi connectivity index (χ0n) is 7.99. The maximum Gasteiger partial charge on any atom is 0.273 e. The van der Waals surface area contributed by atoms with E-state index in [4.69, 9.17) is 17.3 Å². The highest BCUT2D eigenvalue weighted by molar-refractivity contribution is 6.31. The highest BCUT2D eigenvalue weighted by Gasteiger charge is 2.17. The molecule has 0 aliphatic rings. The molecular weight excluding hydrogens is 220 g/mol. The van der Waals surface area contributed by atoms with E-state index in [0.717, 1.165) is 6.07 Å². The van der Waals surface area contributed by atoms with Gasteiger partial charge in [0, 0.05) is 22.9 Å². The minimum atomic E-state index is -0.556. The first-order valence-electron chi connectivity index (χ1n) is 4.11. The molecule has 0 aromatic heterocycles. The van der Waals surface area contributed by atoms with Crippen molar-refractivity contribution >= 4 is 28.8 Å². The number of alkyl halides is 1. The van der Waals surface area contributed by atoms with Crippen LogP contribution in [0.25, 0.3) is 0 Å². The molecule has 1 rings (SSSR count). The van der Waals surface area contributed by atoms with Crippen molar-refractivity contribution in [1.82, 2.24) is 0 Å². The van der Waals surface area contributed by atoms with Gasteiger partial charge in [-0.3, -0.25) is 14.9 Å². The summed E-state index contributed by atoms with van der Waals surface area (Å²) < 4.78 is 0. The summed E-state index contributed by atoms with van der Waals surface area (Å²) in [4.78, 5) is 21.3. The lowest BCUT2D eigenvalue weighted by Gasteiger charge is -2.04. The van der Waals surface area contributed by atoms with Gasteiger partial charge in [0.25, 0.3) is 5.69 Å². The van der Waals surface area contributed by atoms with Crippen LogP contribution in [-0.4, -0.2) is 16.6 Å². The molecule has 0 radical (unpaired) electrons. The molecule has 15 heavy (non-hydrogen) atoms. The van der Waals surface area contributed by atoms with E-state index < -0.39 is 10.7 Å². The number of nitro benzene ring substituents is 1. The second-order valence-corrected chi connectivity index (χ2v) is 3.31. The molecule has 6 heteroatoms. The lowest BCUT2D eigenvalue weighted by Crippen LogP contribution is -2.07. The monoisotopic (exact) mass is 228 g/mol. The number of carbonyl (C=O) groups excluding carboxylic acids is 1. The summed E-state index contributed by atoms with van der Waals surface area (Å²) in [5, 5.41) is 10.6. The van der Waals surface area contributed by atoms with Crippen molar-refractivity contribution in [3.05, 3.63) is 33.4 Å². The molecule has 0 bridgehead atoms. The molecule has 2 N–H and O–H groups in total. The third-order valence-corrected chi connectivity index (χ3v) is 2.23. The zero-order chi connectivity index (χ0) is 11.6. The molecule has 0 aliphatic heterocycles. The van der Waals surface area contributed by atoms with Gasteiger partial charge in [-0.25, -0.2) is 0 Å². The highest BCUT2D eigenvalue weighted by atomic mass is 35.5. The average Bonchev–Trinajstić information content (AvgIpc) is 2.16. The highest BCUT2D eigenvalue weighted by Crippen LogP contribution is 2.25. The summed E-state index contributed by atoms with van der Waals surface area (Å²) in [7, 11) is 0. The molecule has 0 aliphatic carbocycles. The second-order valence-electron chi connectivity index (χ2n) is 3.04. The van der Waals surface area contributed by atoms with Gasteiger partial charge in [-0.2, -0.15) is 0 Å². The van der Waals surface area contributed by atoms with Crippen molar-refractivity contribution in [3.63, 3.8) is 0 Å². The predicted octanol–water partition coefficient (Wildman–Crippen LogP) is 1.91. The fraction of sp³-hybridized carbons (Fsp3) is 0.222. The lowest BCUT2D eigenvalue weighted by atomic mass is 10.1. The molecule has 0 unspecified atom stereocenters. The second kappa shape index (κ2) is 4.27. The quantitative estimate of drug-likeness (QED) is 0.281. The normalized spacial score (nSPS) is 10.0. The number of nitro groups is 1. The first-order chi connectivity index (χ1) is 6.97. The number of anilines is 1. The van der Waals surface area contributed by atoms with Crippen molar-refractivity contribution in [2.75, 3.05) is 11.6 Å². The first-order valence-corrected chi connectivity index (χ1v) is 4.64. The van der Waals surface area contributed by atoms with Crippen molar-refractivity contribution in [2.45, 2.75) is 6.92 Å². The van der Waals surface area contributed by atoms with Crippen LogP contribution in [0.1, 0.15) is 15.9 Å².